The van der Waals surface area contributed by atoms with Gasteiger partial charge in [0.05, 0.1) is 12.3 Å². The average Bonchev–Trinajstić information content (AvgIpc) is 2.63. The molecule has 1 rings (SSSR count). The average molecular weight is 273 g/mol. The van der Waals surface area contributed by atoms with Crippen LogP contribution in [0.1, 0.15) is 11.5 Å². The molecule has 1 heterocycles. The van der Waals surface area contributed by atoms with Gasteiger partial charge in [-0.2, -0.15) is 11.8 Å². The van der Waals surface area contributed by atoms with Crippen LogP contribution in [0.5, 0.6) is 0 Å². The van der Waals surface area contributed by atoms with E-state index in [9.17, 15) is 0 Å². The van der Waals surface area contributed by atoms with Crippen molar-refractivity contribution in [1.82, 2.24) is 10.2 Å². The summed E-state index contributed by atoms with van der Waals surface area (Å²) in [5.74, 6) is 3.86. The van der Waals surface area contributed by atoms with Crippen molar-refractivity contribution in [2.24, 2.45) is 5.73 Å². The molecule has 0 aliphatic carbocycles. The lowest BCUT2D eigenvalue weighted by Gasteiger charge is -2.05. The van der Waals surface area contributed by atoms with Gasteiger partial charge < -0.3 is 20.4 Å². The minimum atomic E-state index is 0.358. The SMILES string of the molecule is CN(C)Cc1ccc(CSCCNC(N)=S)o1. The van der Waals surface area contributed by atoms with E-state index in [1.165, 1.54) is 0 Å². The third-order valence-corrected chi connectivity index (χ3v) is 3.11. The molecule has 0 atom stereocenters. The van der Waals surface area contributed by atoms with Crippen LogP contribution in [-0.2, 0) is 12.3 Å². The van der Waals surface area contributed by atoms with Crippen molar-refractivity contribution in [3.05, 3.63) is 23.7 Å². The van der Waals surface area contributed by atoms with E-state index in [1.54, 1.807) is 11.8 Å². The maximum atomic E-state index is 5.69. The van der Waals surface area contributed by atoms with Crippen LogP contribution in [0.15, 0.2) is 16.5 Å². The van der Waals surface area contributed by atoms with E-state index >= 15 is 0 Å². The van der Waals surface area contributed by atoms with Crippen molar-refractivity contribution in [2.75, 3.05) is 26.4 Å². The van der Waals surface area contributed by atoms with Gasteiger partial charge in [0.2, 0.25) is 0 Å². The van der Waals surface area contributed by atoms with Crippen LogP contribution in [0.3, 0.4) is 0 Å². The first-order valence-electron chi connectivity index (χ1n) is 5.41. The molecule has 0 aliphatic heterocycles. The Morgan fingerprint density at radius 1 is 1.47 bits per heavy atom. The van der Waals surface area contributed by atoms with E-state index in [0.717, 1.165) is 36.1 Å². The van der Waals surface area contributed by atoms with Crippen LogP contribution < -0.4 is 11.1 Å². The summed E-state index contributed by atoms with van der Waals surface area (Å²) in [5.41, 5.74) is 5.32. The summed E-state index contributed by atoms with van der Waals surface area (Å²) in [6.45, 7) is 1.64. The van der Waals surface area contributed by atoms with Crippen molar-refractivity contribution in [3.8, 4) is 0 Å². The van der Waals surface area contributed by atoms with Crippen molar-refractivity contribution in [3.63, 3.8) is 0 Å². The van der Waals surface area contributed by atoms with Gasteiger partial charge in [-0.1, -0.05) is 0 Å². The summed E-state index contributed by atoms with van der Waals surface area (Å²) in [6.07, 6.45) is 0. The highest BCUT2D eigenvalue weighted by Gasteiger charge is 2.03. The lowest BCUT2D eigenvalue weighted by atomic mass is 10.4. The van der Waals surface area contributed by atoms with Crippen LogP contribution >= 0.6 is 24.0 Å². The molecule has 0 aliphatic rings. The van der Waals surface area contributed by atoms with Crippen molar-refractivity contribution >= 4 is 29.1 Å². The number of thiocarbonyl (C=S) groups is 1. The normalized spacial score (nSPS) is 10.8. The second-order valence-corrected chi connectivity index (χ2v) is 5.49. The summed E-state index contributed by atoms with van der Waals surface area (Å²) in [4.78, 5) is 2.09. The minimum Gasteiger partial charge on any atom is -0.464 e. The fraction of sp³-hybridized carbons (Fsp3) is 0.545. The summed E-state index contributed by atoms with van der Waals surface area (Å²) in [7, 11) is 4.05. The van der Waals surface area contributed by atoms with E-state index in [4.69, 9.17) is 22.4 Å². The van der Waals surface area contributed by atoms with Gasteiger partial charge in [-0.25, -0.2) is 0 Å². The number of rotatable bonds is 7. The van der Waals surface area contributed by atoms with Gasteiger partial charge in [0.1, 0.15) is 11.5 Å². The molecule has 0 saturated carbocycles. The molecular weight excluding hydrogens is 254 g/mol. The second kappa shape index (κ2) is 7.58. The molecule has 4 nitrogen and oxygen atoms in total. The maximum Gasteiger partial charge on any atom is 0.163 e. The third-order valence-electron chi connectivity index (χ3n) is 1.98. The molecule has 6 heteroatoms. The maximum absolute atomic E-state index is 5.69. The van der Waals surface area contributed by atoms with Crippen LogP contribution in [0.2, 0.25) is 0 Å². The third kappa shape index (κ3) is 6.55. The molecule has 3 N–H and O–H groups in total. The molecule has 96 valence electrons. The summed E-state index contributed by atoms with van der Waals surface area (Å²) in [5, 5.41) is 3.27. The number of furan rings is 1. The molecule has 0 saturated heterocycles. The molecule has 0 spiro atoms. The largest absolute Gasteiger partial charge is 0.464 e. The van der Waals surface area contributed by atoms with Gasteiger partial charge in [0.15, 0.2) is 5.11 Å². The van der Waals surface area contributed by atoms with E-state index in [2.05, 4.69) is 10.2 Å². The second-order valence-electron chi connectivity index (χ2n) is 3.95. The number of hydrogen-bond donors (Lipinski definition) is 2. The summed E-state index contributed by atoms with van der Waals surface area (Å²) >= 11 is 6.51. The Hall–Kier alpha value is -0.720. The lowest BCUT2D eigenvalue weighted by Crippen LogP contribution is -2.30. The minimum absolute atomic E-state index is 0.358. The molecule has 0 fully saturated rings. The van der Waals surface area contributed by atoms with Gasteiger partial charge in [-0.05, 0) is 38.4 Å². The monoisotopic (exact) mass is 273 g/mol. The Bertz CT molecular complexity index is 352. The fourth-order valence-corrected chi connectivity index (χ4v) is 2.16. The van der Waals surface area contributed by atoms with Crippen molar-refractivity contribution in [1.29, 1.82) is 0 Å². The molecule has 0 unspecified atom stereocenters. The van der Waals surface area contributed by atoms with Crippen LogP contribution in [0.4, 0.5) is 0 Å². The molecular formula is C11H19N3OS2. The zero-order valence-corrected chi connectivity index (χ0v) is 11.9. The molecule has 0 aromatic carbocycles. The lowest BCUT2D eigenvalue weighted by molar-refractivity contribution is 0.344. The number of nitrogens with zero attached hydrogens (tertiary/aromatic N) is 1. The highest BCUT2D eigenvalue weighted by molar-refractivity contribution is 7.98. The predicted octanol–water partition coefficient (Wildman–Crippen LogP) is 1.41. The predicted molar refractivity (Wildman–Crippen MR) is 77.0 cm³/mol. The van der Waals surface area contributed by atoms with Crippen LogP contribution in [0.25, 0.3) is 0 Å². The van der Waals surface area contributed by atoms with Crippen molar-refractivity contribution in [2.45, 2.75) is 12.3 Å². The van der Waals surface area contributed by atoms with Gasteiger partial charge in [-0.15, -0.1) is 0 Å². The van der Waals surface area contributed by atoms with E-state index in [-0.39, 0.29) is 0 Å². The fourth-order valence-electron chi connectivity index (χ4n) is 1.32. The first kappa shape index (κ1) is 14.3. The Labute approximate surface area is 112 Å². The zero-order chi connectivity index (χ0) is 12.7. The van der Waals surface area contributed by atoms with Crippen molar-refractivity contribution < 1.29 is 4.42 Å². The summed E-state index contributed by atoms with van der Waals surface area (Å²) < 4.78 is 5.69. The van der Waals surface area contributed by atoms with E-state index in [0.29, 0.717) is 5.11 Å². The number of nitrogens with one attached hydrogen (secondary N) is 1. The molecule has 0 radical (unpaired) electrons. The standard InChI is InChI=1S/C11H19N3OS2/c1-14(2)7-9-3-4-10(15-9)8-17-6-5-13-11(12)16/h3-4H,5-8H2,1-2H3,(H3,12,13,16). The molecule has 1 aromatic heterocycles. The van der Waals surface area contributed by atoms with Gasteiger partial charge in [0, 0.05) is 12.3 Å². The molecule has 0 bridgehead atoms. The topological polar surface area (TPSA) is 54.4 Å². The van der Waals surface area contributed by atoms with Crippen LogP contribution in [-0.4, -0.2) is 36.4 Å². The first-order valence-corrected chi connectivity index (χ1v) is 6.97. The highest BCUT2D eigenvalue weighted by Crippen LogP contribution is 2.15. The molecule has 0 amide bonds. The van der Waals surface area contributed by atoms with E-state index < -0.39 is 0 Å². The molecule has 17 heavy (non-hydrogen) atoms. The Kier molecular flexibility index (Phi) is 6.39. The molecule has 1 aromatic rings. The zero-order valence-electron chi connectivity index (χ0n) is 10.2. The quantitative estimate of drug-likeness (QED) is 0.579. The first-order chi connectivity index (χ1) is 8.08. The summed E-state index contributed by atoms with van der Waals surface area (Å²) in [6, 6.07) is 4.07. The van der Waals surface area contributed by atoms with Gasteiger partial charge in [-0.3, -0.25) is 0 Å². The Balaban J connectivity index is 2.18. The van der Waals surface area contributed by atoms with E-state index in [1.807, 2.05) is 26.2 Å². The number of thioether (sulfide) groups is 1. The smallest absolute Gasteiger partial charge is 0.163 e. The number of hydrogen-bond acceptors (Lipinski definition) is 4. The van der Waals surface area contributed by atoms with Gasteiger partial charge in [0.25, 0.3) is 0 Å². The number of nitrogens with two attached hydrogens (primary N) is 1. The van der Waals surface area contributed by atoms with Gasteiger partial charge >= 0.3 is 0 Å². The highest BCUT2D eigenvalue weighted by atomic mass is 32.2. The Morgan fingerprint density at radius 3 is 2.82 bits per heavy atom. The Morgan fingerprint density at radius 2 is 2.18 bits per heavy atom. The van der Waals surface area contributed by atoms with Crippen LogP contribution in [0, 0.1) is 0 Å².